The molecule has 137 heavy (non-hydrogen) atoms. The zero-order valence-corrected chi connectivity index (χ0v) is 103. The van der Waals surface area contributed by atoms with Crippen molar-refractivity contribution in [1.82, 2.24) is 31.9 Å². The Labute approximate surface area is 951 Å². The lowest BCUT2D eigenvalue weighted by Gasteiger charge is -2.27. The van der Waals surface area contributed by atoms with Crippen LogP contribution in [0.1, 0.15) is 111 Å². The first kappa shape index (κ1) is 131. The van der Waals surface area contributed by atoms with E-state index in [1.54, 1.807) is 56.6 Å². The van der Waals surface area contributed by atoms with Crippen LogP contribution in [0.3, 0.4) is 0 Å². The number of methoxy groups -OCH3 is 2. The second-order valence-electron chi connectivity index (χ2n) is 26.4. The van der Waals surface area contributed by atoms with Gasteiger partial charge in [0.1, 0.15) is 17.2 Å². The van der Waals surface area contributed by atoms with Crippen molar-refractivity contribution in [3.05, 3.63) is 131 Å². The van der Waals surface area contributed by atoms with Crippen molar-refractivity contribution in [3.63, 3.8) is 0 Å². The smallest absolute Gasteiger partial charge is 0.308 e. The highest BCUT2D eigenvalue weighted by Gasteiger charge is 2.33. The Kier molecular flexibility index (Phi) is 57.8. The molecule has 0 heterocycles. The van der Waals surface area contributed by atoms with E-state index in [0.29, 0.717) is 88.9 Å². The highest BCUT2D eigenvalue weighted by atomic mass is 127. The third-order valence-electron chi connectivity index (χ3n) is 16.0. The fourth-order valence-corrected chi connectivity index (χ4v) is 27.2. The van der Waals surface area contributed by atoms with Gasteiger partial charge in [-0.25, -0.2) is 50.5 Å². The number of rotatable bonds is 33. The van der Waals surface area contributed by atoms with E-state index < -0.39 is 137 Å². The summed E-state index contributed by atoms with van der Waals surface area (Å²) in [4.78, 5) is 158. The van der Waals surface area contributed by atoms with Gasteiger partial charge in [-0.15, -0.1) is 0 Å². The number of hydrogen-bond acceptors (Lipinski definition) is 34. The molecule has 6 rings (SSSR count). The summed E-state index contributed by atoms with van der Waals surface area (Å²) in [5.74, 6) is -9.03. The van der Waals surface area contributed by atoms with Crippen molar-refractivity contribution in [2.45, 2.75) is 48.5 Å². The van der Waals surface area contributed by atoms with Crippen LogP contribution < -0.4 is 76.8 Å². The first-order valence-corrected chi connectivity index (χ1v) is 59.2. The van der Waals surface area contributed by atoms with Crippen molar-refractivity contribution < 1.29 is 154 Å². The fourth-order valence-electron chi connectivity index (χ4n) is 9.64. The van der Waals surface area contributed by atoms with Crippen molar-refractivity contribution in [1.29, 1.82) is 0 Å². The number of anilines is 6. The van der Waals surface area contributed by atoms with Crippen LogP contribution in [0.25, 0.3) is 0 Å². The Morgan fingerprint density at radius 1 is 0.307 bits per heavy atom. The van der Waals surface area contributed by atoms with E-state index in [0.717, 1.165) is 10.7 Å². The average Bonchev–Trinajstić information content (AvgIpc) is 0.759. The normalized spacial score (nSPS) is 11.1. The van der Waals surface area contributed by atoms with E-state index >= 15 is 0 Å². The highest BCUT2D eigenvalue weighted by Crippen LogP contribution is 2.44. The lowest BCUT2D eigenvalue weighted by atomic mass is 10.1. The molecule has 9 N–H and O–H groups in total. The summed E-state index contributed by atoms with van der Waals surface area (Å²) in [5.41, 5.74) is 3.67. The molecule has 0 aliphatic heterocycles. The predicted octanol–water partition coefficient (Wildman–Crippen LogP) is 6.79. The molecule has 0 bridgehead atoms. The molecule has 0 unspecified atom stereocenters. The summed E-state index contributed by atoms with van der Waals surface area (Å²) in [6, 6.07) is 14.4. The predicted molar refractivity (Wildman–Crippen MR) is 597 cm³/mol. The molecule has 0 aromatic heterocycles. The Balaban J connectivity index is 0.000000829. The standard InChI is InChI=1S/C15H18I3N3O6S.C14H16I3N3O6S.C13H14I3N3O6S.C11H12INO6S.2C10H12INO5S/c1-7(22)20(3)13-10(16)9(15(24)19-5-6-28(25,26)27)11(17)14(12(13)18)21(4)8(2)23;1-6(21)19-12-9(15)8(14(23)18-4-5-27(24,25)26)10(16)13(11(12)17)20(3)7(2)22;1-5(20)18-11-8(14)7(13(22)17-3-4-26(23,24)25)9(15)12(10(11)16)19-6(2)21;1-7(14)19-10-6-8(12)2-3-9(10)11(15)13-4-5-20(16,17)18;1-17-9-6-7(11)2-3-8(9)10(13)12-4-5-18(14,15)16;1-17-9-6-7(2-3-8(9)11)10(13)12-4-5-18(14,15)16/h5-6H2,1-4H3,(H,19,24)(H,25,26,27);4-5H2,1-3H3,(H,18,23)(H,19,21)(H,24,25,26);3-4H2,1-2H3,(H,17,22)(H,18,20)(H,19,21)(H,23,24,25);2-3,6H,4-5H2,1H3,(H,13,15)(H,16,17,18);2*2-3,6H,4-5H2,1H3,(H,12,13)(H,14,15,16)/p-6. The van der Waals surface area contributed by atoms with Gasteiger partial charge < -0.3 is 104 Å². The van der Waals surface area contributed by atoms with Crippen LogP contribution in [0.2, 0.25) is 0 Å². The third-order valence-corrected chi connectivity index (χ3v) is 32.0. The van der Waals surface area contributed by atoms with Crippen LogP contribution in [0.15, 0.2) is 54.6 Å². The first-order chi connectivity index (χ1) is 62.7. The summed E-state index contributed by atoms with van der Waals surface area (Å²) in [6.45, 7) is 7.44. The molecule has 0 spiro atoms. The number of esters is 1. The maximum absolute atomic E-state index is 12.7. The number of amides is 12. The van der Waals surface area contributed by atoms with E-state index in [9.17, 15) is 140 Å². The van der Waals surface area contributed by atoms with Gasteiger partial charge in [-0.05, 0) is 326 Å². The number of nitrogens with one attached hydrogen (secondary N) is 9. The number of nitrogens with zero attached hydrogens (tertiary/aromatic N) is 3. The molecule has 64 heteroatoms. The van der Waals surface area contributed by atoms with Gasteiger partial charge in [0.15, 0.2) is 0 Å². The summed E-state index contributed by atoms with van der Waals surface area (Å²) >= 11 is 23.5. The summed E-state index contributed by atoms with van der Waals surface area (Å²) < 4.78 is 212. The second kappa shape index (κ2) is 60.4. The number of halogens is 12. The minimum absolute atomic E-state index is 0.0758. The van der Waals surface area contributed by atoms with Gasteiger partial charge in [0.25, 0.3) is 35.4 Å². The molecule has 0 saturated carbocycles. The van der Waals surface area contributed by atoms with Crippen molar-refractivity contribution >= 4 is 443 Å². The number of carbonyl (C=O) groups excluding carboxylic acids is 13. The maximum Gasteiger partial charge on any atom is 0.308 e. The maximum atomic E-state index is 12.7. The van der Waals surface area contributed by atoms with Crippen LogP contribution in [0.5, 0.6) is 17.2 Å². The van der Waals surface area contributed by atoms with E-state index in [2.05, 4.69) is 93.0 Å². The van der Waals surface area contributed by atoms with Crippen LogP contribution in [-0.2, 0) is 94.3 Å². The van der Waals surface area contributed by atoms with Crippen LogP contribution in [0.4, 0.5) is 34.1 Å². The number of benzene rings is 6. The summed E-state index contributed by atoms with van der Waals surface area (Å²) in [5, 5.41) is 22.0. The number of carbonyl (C=O) groups is 13. The Morgan fingerprint density at radius 2 is 0.562 bits per heavy atom. The molecule has 46 nitrogen and oxygen atoms in total. The van der Waals surface area contributed by atoms with Gasteiger partial charge in [-0.3, -0.25) is 62.3 Å². The lowest BCUT2D eigenvalue weighted by Crippen LogP contribution is -2.34. The van der Waals surface area contributed by atoms with Crippen LogP contribution >= 0.6 is 271 Å². The molecule has 760 valence electrons. The summed E-state index contributed by atoms with van der Waals surface area (Å²) in [7, 11) is -18.8. The zero-order chi connectivity index (χ0) is 106. The Hall–Kier alpha value is -3.75. The quantitative estimate of drug-likeness (QED) is 0.00885. The molecule has 0 aliphatic carbocycles. The Morgan fingerprint density at radius 3 is 0.839 bits per heavy atom. The molecular weight excluding hydrogens is 3300 g/mol. The average molecular weight is 3380 g/mol. The van der Waals surface area contributed by atoms with Crippen molar-refractivity contribution in [2.24, 2.45) is 0 Å². The first-order valence-electron chi connectivity index (χ1n) is 36.8. The van der Waals surface area contributed by atoms with E-state index in [1.165, 1.54) is 96.6 Å². The van der Waals surface area contributed by atoms with Gasteiger partial charge in [0.2, 0.25) is 35.4 Å². The largest absolute Gasteiger partial charge is 0.748 e. The van der Waals surface area contributed by atoms with Gasteiger partial charge in [0, 0.05) is 122 Å². The number of ether oxygens (including phenoxy) is 3. The van der Waals surface area contributed by atoms with Gasteiger partial charge in [-0.1, -0.05) is 0 Å². The minimum Gasteiger partial charge on any atom is -0.748 e. The summed E-state index contributed by atoms with van der Waals surface area (Å²) in [6.07, 6.45) is 0. The topological polar surface area (TPSA) is 711 Å². The molecule has 6 aromatic carbocycles. The minimum atomic E-state index is -4.47. The molecule has 0 saturated heterocycles. The molecule has 0 fully saturated rings. The molecule has 12 amide bonds. The lowest BCUT2D eigenvalue weighted by molar-refractivity contribution is -0.132. The van der Waals surface area contributed by atoms with Crippen LogP contribution in [0, 0.1) is 42.8 Å². The van der Waals surface area contributed by atoms with E-state index in [4.69, 9.17) is 14.2 Å². The Bertz CT molecular complexity index is 6270. The fraction of sp³-hybridized carbons (Fsp3) is 0.329. The second-order valence-corrected chi connectivity index (χ2v) is 48.9. The van der Waals surface area contributed by atoms with Gasteiger partial charge in [-0.2, -0.15) is 0 Å². The zero-order valence-electron chi connectivity index (χ0n) is 72.4. The van der Waals surface area contributed by atoms with Gasteiger partial charge >= 0.3 is 5.97 Å². The van der Waals surface area contributed by atoms with Crippen LogP contribution in [-0.4, -0.2) is 264 Å². The highest BCUT2D eigenvalue weighted by molar-refractivity contribution is 14.1. The molecule has 6 aromatic rings. The SMILES string of the molecule is CC(=O)N(C)c1c(I)c(C(=O)NCCS(=O)(=O)[O-])c(I)c(N(C)C(C)=O)c1I.CC(=O)Nc1c(I)c(C(=O)NCCS(=O)(=O)[O-])c(I)c(N(C)C(C)=O)c1I.CC(=O)Nc1c(I)c(NC(C)=O)c(I)c(C(=O)NCCS(=O)(=O)[O-])c1I.CC(=O)Oc1cc(I)ccc1C(=O)NCCS(=O)(=O)[O-].COc1cc(C(=O)NCCS(=O)(=O)[O-])ccc1I.COc1cc(I)ccc1C(=O)NCCS(=O)(=O)[O-]. The third kappa shape index (κ3) is 47.5. The molecule has 0 aliphatic rings. The monoisotopic (exact) mass is 3380 g/mol. The number of hydrogen-bond donors (Lipinski definition) is 9. The molecular formula is C73H78I12N12O34S6-6. The molecule has 0 radical (unpaired) electrons. The van der Waals surface area contributed by atoms with E-state index in [1.807, 2.05) is 226 Å². The van der Waals surface area contributed by atoms with Crippen molar-refractivity contribution in [3.8, 4) is 17.2 Å². The molecule has 0 atom stereocenters. The van der Waals surface area contributed by atoms with E-state index in [-0.39, 0.29) is 103 Å². The van der Waals surface area contributed by atoms with Crippen molar-refractivity contribution in [2.75, 3.05) is 140 Å². The van der Waals surface area contributed by atoms with Gasteiger partial charge in [0.05, 0.1) is 207 Å².